The third kappa shape index (κ3) is 5.06. The van der Waals surface area contributed by atoms with Gasteiger partial charge < -0.3 is 15.3 Å². The van der Waals surface area contributed by atoms with Crippen molar-refractivity contribution in [2.24, 2.45) is 5.92 Å². The lowest BCUT2D eigenvalue weighted by molar-refractivity contribution is -0.143. The number of hydrogen-bond acceptors (Lipinski definition) is 4. The lowest BCUT2D eigenvalue weighted by Gasteiger charge is -2.28. The number of carbonyl (C=O) groups excluding carboxylic acids is 2. The molecule has 0 radical (unpaired) electrons. The fraction of sp³-hybridized carbons (Fsp3) is 0.588. The van der Waals surface area contributed by atoms with E-state index in [0.717, 1.165) is 25.7 Å². The number of hydrogen-bond donors (Lipinski definition) is 2. The molecule has 1 aromatic rings. The summed E-state index contributed by atoms with van der Waals surface area (Å²) in [6, 6.07) is 3.15. The molecule has 2 unspecified atom stereocenters. The van der Waals surface area contributed by atoms with E-state index in [2.05, 4.69) is 5.32 Å². The SMILES string of the molecule is CN(CC(=O)NC1CCCCCCC1C(=O)O)C(=O)c1cccs1. The Morgan fingerprint density at radius 3 is 2.58 bits per heavy atom. The molecule has 2 rings (SSSR count). The van der Waals surface area contributed by atoms with Gasteiger partial charge in [0.2, 0.25) is 5.91 Å². The van der Waals surface area contributed by atoms with Crippen LogP contribution in [0.3, 0.4) is 0 Å². The Balaban J connectivity index is 1.93. The third-order valence-corrected chi connectivity index (χ3v) is 5.25. The van der Waals surface area contributed by atoms with Crippen molar-refractivity contribution in [3.05, 3.63) is 22.4 Å². The zero-order chi connectivity index (χ0) is 17.5. The van der Waals surface area contributed by atoms with Gasteiger partial charge in [0.25, 0.3) is 5.91 Å². The number of nitrogens with zero attached hydrogens (tertiary/aromatic N) is 1. The molecule has 7 heteroatoms. The molecular formula is C17H24N2O4S. The van der Waals surface area contributed by atoms with Crippen LogP contribution < -0.4 is 5.32 Å². The second kappa shape index (κ2) is 8.82. The molecule has 1 aliphatic rings. The summed E-state index contributed by atoms with van der Waals surface area (Å²) in [5.41, 5.74) is 0. The molecule has 2 N–H and O–H groups in total. The highest BCUT2D eigenvalue weighted by molar-refractivity contribution is 7.12. The second-order valence-corrected chi connectivity index (χ2v) is 7.20. The number of carboxylic acids is 1. The van der Waals surface area contributed by atoms with Crippen molar-refractivity contribution in [1.82, 2.24) is 10.2 Å². The van der Waals surface area contributed by atoms with Gasteiger partial charge in [0.15, 0.2) is 0 Å². The number of carbonyl (C=O) groups is 3. The van der Waals surface area contributed by atoms with Crippen LogP contribution >= 0.6 is 11.3 Å². The highest BCUT2D eigenvalue weighted by atomic mass is 32.1. The summed E-state index contributed by atoms with van der Waals surface area (Å²) < 4.78 is 0. The van der Waals surface area contributed by atoms with Crippen molar-refractivity contribution in [3.8, 4) is 0 Å². The van der Waals surface area contributed by atoms with Crippen LogP contribution in [0, 0.1) is 5.92 Å². The first-order chi connectivity index (χ1) is 11.5. The molecule has 1 saturated carbocycles. The van der Waals surface area contributed by atoms with Crippen LogP contribution in [0.5, 0.6) is 0 Å². The van der Waals surface area contributed by atoms with Gasteiger partial charge in [-0.1, -0.05) is 31.7 Å². The molecule has 6 nitrogen and oxygen atoms in total. The Bertz CT molecular complexity index is 573. The molecule has 0 spiro atoms. The van der Waals surface area contributed by atoms with Gasteiger partial charge in [0.1, 0.15) is 0 Å². The number of likely N-dealkylation sites (N-methyl/N-ethyl adjacent to an activating group) is 1. The minimum absolute atomic E-state index is 0.0699. The van der Waals surface area contributed by atoms with Crippen LogP contribution in [-0.2, 0) is 9.59 Å². The molecule has 1 heterocycles. The summed E-state index contributed by atoms with van der Waals surface area (Å²) in [6.45, 7) is -0.0699. The van der Waals surface area contributed by atoms with Gasteiger partial charge in [-0.2, -0.15) is 0 Å². The summed E-state index contributed by atoms with van der Waals surface area (Å²) in [6.07, 6.45) is 5.16. The van der Waals surface area contributed by atoms with E-state index in [1.54, 1.807) is 19.2 Å². The first-order valence-electron chi connectivity index (χ1n) is 8.30. The van der Waals surface area contributed by atoms with Crippen molar-refractivity contribution in [3.63, 3.8) is 0 Å². The van der Waals surface area contributed by atoms with Crippen molar-refractivity contribution in [2.75, 3.05) is 13.6 Å². The Morgan fingerprint density at radius 1 is 1.25 bits per heavy atom. The summed E-state index contributed by atoms with van der Waals surface area (Å²) in [5, 5.41) is 14.1. The van der Waals surface area contributed by atoms with Crippen LogP contribution in [0.25, 0.3) is 0 Å². The monoisotopic (exact) mass is 352 g/mol. The molecule has 0 aromatic carbocycles. The maximum Gasteiger partial charge on any atom is 0.308 e. The van der Waals surface area contributed by atoms with Gasteiger partial charge in [0, 0.05) is 13.1 Å². The van der Waals surface area contributed by atoms with E-state index < -0.39 is 11.9 Å². The van der Waals surface area contributed by atoms with E-state index in [-0.39, 0.29) is 24.4 Å². The lowest BCUT2D eigenvalue weighted by atomic mass is 9.87. The van der Waals surface area contributed by atoms with Crippen molar-refractivity contribution < 1.29 is 19.5 Å². The number of thiophene rings is 1. The Morgan fingerprint density at radius 2 is 1.96 bits per heavy atom. The molecule has 1 aliphatic carbocycles. The van der Waals surface area contributed by atoms with Gasteiger partial charge in [-0.15, -0.1) is 11.3 Å². The zero-order valence-electron chi connectivity index (χ0n) is 13.9. The maximum atomic E-state index is 12.3. The molecule has 0 bridgehead atoms. The smallest absolute Gasteiger partial charge is 0.308 e. The van der Waals surface area contributed by atoms with Crippen molar-refractivity contribution >= 4 is 29.1 Å². The fourth-order valence-corrected chi connectivity index (χ4v) is 3.80. The Labute approximate surface area is 145 Å². The van der Waals surface area contributed by atoms with Gasteiger partial charge in [-0.3, -0.25) is 14.4 Å². The highest BCUT2D eigenvalue weighted by Gasteiger charge is 2.30. The summed E-state index contributed by atoms with van der Waals surface area (Å²) >= 11 is 1.33. The number of nitrogens with one attached hydrogen (secondary N) is 1. The first kappa shape index (κ1) is 18.4. The average Bonchev–Trinajstić information content (AvgIpc) is 3.03. The second-order valence-electron chi connectivity index (χ2n) is 6.25. The van der Waals surface area contributed by atoms with Crippen molar-refractivity contribution in [2.45, 2.75) is 44.6 Å². The molecule has 2 amide bonds. The van der Waals surface area contributed by atoms with E-state index in [1.165, 1.54) is 16.2 Å². The predicted octanol–water partition coefficient (Wildman–Crippen LogP) is 2.36. The van der Waals surface area contributed by atoms with E-state index in [1.807, 2.05) is 5.38 Å². The normalized spacial score (nSPS) is 21.4. The standard InChI is InChI=1S/C17H24N2O4S/c1-19(16(21)14-9-6-10-24-14)11-15(20)18-13-8-5-3-2-4-7-12(13)17(22)23/h6,9-10,12-13H,2-5,7-8,11H2,1H3,(H,18,20)(H,22,23). The van der Waals surface area contributed by atoms with Crippen LogP contribution in [0.15, 0.2) is 17.5 Å². The van der Waals surface area contributed by atoms with E-state index in [4.69, 9.17) is 0 Å². The molecular weight excluding hydrogens is 328 g/mol. The van der Waals surface area contributed by atoms with Gasteiger partial charge in [-0.05, 0) is 24.3 Å². The van der Waals surface area contributed by atoms with Crippen LogP contribution in [-0.4, -0.2) is 47.4 Å². The largest absolute Gasteiger partial charge is 0.481 e. The average molecular weight is 352 g/mol. The third-order valence-electron chi connectivity index (χ3n) is 4.39. The van der Waals surface area contributed by atoms with Gasteiger partial charge in [0.05, 0.1) is 17.3 Å². The Kier molecular flexibility index (Phi) is 6.78. The molecule has 24 heavy (non-hydrogen) atoms. The molecule has 0 aliphatic heterocycles. The maximum absolute atomic E-state index is 12.3. The quantitative estimate of drug-likeness (QED) is 0.852. The van der Waals surface area contributed by atoms with Crippen molar-refractivity contribution in [1.29, 1.82) is 0 Å². The minimum atomic E-state index is -0.856. The van der Waals surface area contributed by atoms with Crippen LogP contribution in [0.1, 0.15) is 48.2 Å². The first-order valence-corrected chi connectivity index (χ1v) is 9.18. The number of aliphatic carboxylic acids is 1. The number of amides is 2. The van der Waals surface area contributed by atoms with Gasteiger partial charge in [-0.25, -0.2) is 0 Å². The zero-order valence-corrected chi connectivity index (χ0v) is 14.7. The van der Waals surface area contributed by atoms with Gasteiger partial charge >= 0.3 is 5.97 Å². The summed E-state index contributed by atoms with van der Waals surface area (Å²) in [4.78, 5) is 37.9. The molecule has 1 fully saturated rings. The number of carboxylic acid groups (broad SMARTS) is 1. The van der Waals surface area contributed by atoms with Crippen LogP contribution in [0.2, 0.25) is 0 Å². The van der Waals surface area contributed by atoms with E-state index in [0.29, 0.717) is 17.7 Å². The predicted molar refractivity (Wildman–Crippen MR) is 92.0 cm³/mol. The molecule has 1 aromatic heterocycles. The highest BCUT2D eigenvalue weighted by Crippen LogP contribution is 2.23. The fourth-order valence-electron chi connectivity index (χ4n) is 3.08. The molecule has 2 atom stereocenters. The van der Waals surface area contributed by atoms with E-state index in [9.17, 15) is 19.5 Å². The lowest BCUT2D eigenvalue weighted by Crippen LogP contribution is -2.47. The Hall–Kier alpha value is -1.89. The van der Waals surface area contributed by atoms with Crippen LogP contribution in [0.4, 0.5) is 0 Å². The molecule has 132 valence electrons. The number of rotatable bonds is 5. The summed E-state index contributed by atoms with van der Waals surface area (Å²) in [7, 11) is 1.58. The minimum Gasteiger partial charge on any atom is -0.481 e. The summed E-state index contributed by atoms with van der Waals surface area (Å²) in [5.74, 6) is -1.91. The topological polar surface area (TPSA) is 86.7 Å². The van der Waals surface area contributed by atoms with E-state index >= 15 is 0 Å². The molecule has 0 saturated heterocycles.